The van der Waals surface area contributed by atoms with E-state index in [0.29, 0.717) is 0 Å². The zero-order chi connectivity index (χ0) is 9.94. The number of thioether (sulfide) groups is 1. The highest BCUT2D eigenvalue weighted by Gasteiger charge is 1.96. The van der Waals surface area contributed by atoms with Crippen LogP contribution in [0, 0.1) is 0 Å². The van der Waals surface area contributed by atoms with Crippen molar-refractivity contribution in [1.82, 2.24) is 10.6 Å². The number of unbranched alkanes of at least 4 members (excludes halogenated alkanes) is 1. The lowest BCUT2D eigenvalue weighted by atomic mass is 10.3. The normalized spacial score (nSPS) is 9.69. The molecule has 0 aromatic rings. The van der Waals surface area contributed by atoms with E-state index in [9.17, 15) is 4.79 Å². The van der Waals surface area contributed by atoms with Crippen LogP contribution in [-0.2, 0) is 0 Å². The van der Waals surface area contributed by atoms with Crippen LogP contribution in [0.1, 0.15) is 26.2 Å². The quantitative estimate of drug-likeness (QED) is 0.621. The number of carbonyl (C=O) groups excluding carboxylic acids is 1. The molecule has 4 heteroatoms. The molecule has 13 heavy (non-hydrogen) atoms. The Hall–Kier alpha value is -0.380. The predicted octanol–water partition coefficient (Wildman–Crippen LogP) is 1.84. The van der Waals surface area contributed by atoms with Crippen LogP contribution in [-0.4, -0.2) is 31.1 Å². The monoisotopic (exact) mass is 204 g/mol. The Kier molecular flexibility index (Phi) is 9.42. The summed E-state index contributed by atoms with van der Waals surface area (Å²) in [4.78, 5) is 11.1. The second-order valence-electron chi connectivity index (χ2n) is 2.88. The Bertz CT molecular complexity index is 131. The summed E-state index contributed by atoms with van der Waals surface area (Å²) in [6.07, 6.45) is 5.29. The van der Waals surface area contributed by atoms with Crippen LogP contribution in [0.3, 0.4) is 0 Å². The second kappa shape index (κ2) is 9.71. The van der Waals surface area contributed by atoms with Gasteiger partial charge in [0.15, 0.2) is 0 Å². The van der Waals surface area contributed by atoms with E-state index >= 15 is 0 Å². The van der Waals surface area contributed by atoms with E-state index in [2.05, 4.69) is 23.8 Å². The first-order valence-electron chi connectivity index (χ1n) is 4.82. The van der Waals surface area contributed by atoms with E-state index in [4.69, 9.17) is 0 Å². The maximum atomic E-state index is 11.1. The van der Waals surface area contributed by atoms with Gasteiger partial charge in [0.05, 0.1) is 0 Å². The smallest absolute Gasteiger partial charge is 0.314 e. The van der Waals surface area contributed by atoms with E-state index in [1.54, 1.807) is 11.8 Å². The van der Waals surface area contributed by atoms with Crippen molar-refractivity contribution >= 4 is 17.8 Å². The molecule has 0 aliphatic rings. The highest BCUT2D eigenvalue weighted by atomic mass is 32.2. The molecular formula is C9H20N2OS. The molecule has 0 atom stereocenters. The molecule has 0 heterocycles. The summed E-state index contributed by atoms with van der Waals surface area (Å²) in [5, 5.41) is 5.62. The zero-order valence-electron chi connectivity index (χ0n) is 8.56. The molecule has 0 spiro atoms. The lowest BCUT2D eigenvalue weighted by Crippen LogP contribution is -2.36. The van der Waals surface area contributed by atoms with Gasteiger partial charge in [0.2, 0.25) is 0 Å². The summed E-state index contributed by atoms with van der Waals surface area (Å²) in [6, 6.07) is -0.0328. The van der Waals surface area contributed by atoms with E-state index in [1.165, 1.54) is 0 Å². The molecule has 0 saturated heterocycles. The lowest BCUT2D eigenvalue weighted by molar-refractivity contribution is 0.241. The van der Waals surface area contributed by atoms with E-state index in [0.717, 1.165) is 38.1 Å². The minimum atomic E-state index is -0.0328. The molecule has 78 valence electrons. The Morgan fingerprint density at radius 2 is 1.85 bits per heavy atom. The summed E-state index contributed by atoms with van der Waals surface area (Å²) in [5.41, 5.74) is 0. The van der Waals surface area contributed by atoms with Crippen molar-refractivity contribution in [1.29, 1.82) is 0 Å². The van der Waals surface area contributed by atoms with Crippen LogP contribution in [0.5, 0.6) is 0 Å². The molecule has 0 rings (SSSR count). The maximum Gasteiger partial charge on any atom is 0.314 e. The van der Waals surface area contributed by atoms with Crippen molar-refractivity contribution in [3.63, 3.8) is 0 Å². The first-order chi connectivity index (χ1) is 6.31. The van der Waals surface area contributed by atoms with Gasteiger partial charge in [0.1, 0.15) is 0 Å². The first kappa shape index (κ1) is 12.6. The molecule has 0 unspecified atom stereocenters. The number of nitrogens with one attached hydrogen (secondary N) is 2. The van der Waals surface area contributed by atoms with Crippen molar-refractivity contribution in [3.05, 3.63) is 0 Å². The summed E-state index contributed by atoms with van der Waals surface area (Å²) < 4.78 is 0. The third kappa shape index (κ3) is 9.53. The molecular weight excluding hydrogens is 184 g/mol. The molecule has 2 amide bonds. The molecule has 0 saturated carbocycles. The average Bonchev–Trinajstić information content (AvgIpc) is 2.13. The maximum absolute atomic E-state index is 11.1. The van der Waals surface area contributed by atoms with Gasteiger partial charge in [-0.05, 0) is 24.9 Å². The third-order valence-electron chi connectivity index (χ3n) is 1.63. The van der Waals surface area contributed by atoms with Crippen LogP contribution < -0.4 is 10.6 Å². The fraction of sp³-hybridized carbons (Fsp3) is 0.889. The summed E-state index contributed by atoms with van der Waals surface area (Å²) in [6.45, 7) is 3.67. The number of hydrogen-bond acceptors (Lipinski definition) is 2. The van der Waals surface area contributed by atoms with Crippen LogP contribution in [0.2, 0.25) is 0 Å². The van der Waals surface area contributed by atoms with Gasteiger partial charge in [-0.25, -0.2) is 4.79 Å². The van der Waals surface area contributed by atoms with Gasteiger partial charge < -0.3 is 10.6 Å². The molecule has 0 bridgehead atoms. The second-order valence-corrected chi connectivity index (χ2v) is 3.87. The van der Waals surface area contributed by atoms with E-state index in [-0.39, 0.29) is 6.03 Å². The summed E-state index contributed by atoms with van der Waals surface area (Å²) in [7, 11) is 0. The number of hydrogen-bond donors (Lipinski definition) is 2. The van der Waals surface area contributed by atoms with E-state index < -0.39 is 0 Å². The molecule has 0 fully saturated rings. The van der Waals surface area contributed by atoms with Crippen LogP contribution in [0.15, 0.2) is 0 Å². The molecule has 3 nitrogen and oxygen atoms in total. The molecule has 2 N–H and O–H groups in total. The Morgan fingerprint density at radius 3 is 2.38 bits per heavy atom. The Balaban J connectivity index is 3.11. The Labute approximate surface area is 85.0 Å². The van der Waals surface area contributed by atoms with Crippen molar-refractivity contribution in [2.45, 2.75) is 26.2 Å². The Morgan fingerprint density at radius 1 is 1.23 bits per heavy atom. The third-order valence-corrected chi connectivity index (χ3v) is 2.32. The van der Waals surface area contributed by atoms with Gasteiger partial charge in [-0.1, -0.05) is 13.3 Å². The van der Waals surface area contributed by atoms with E-state index in [1.807, 2.05) is 0 Å². The standard InChI is InChI=1S/C9H20N2OS/c1-3-4-6-10-9(12)11-7-5-8-13-2/h3-8H2,1-2H3,(H2,10,11,12). The SMILES string of the molecule is CCCCNC(=O)NCCCSC. The fourth-order valence-electron chi connectivity index (χ4n) is 0.860. The van der Waals surface area contributed by atoms with Crippen LogP contribution >= 0.6 is 11.8 Å². The van der Waals surface area contributed by atoms with Crippen molar-refractivity contribution in [3.8, 4) is 0 Å². The largest absolute Gasteiger partial charge is 0.338 e. The topological polar surface area (TPSA) is 41.1 Å². The van der Waals surface area contributed by atoms with Crippen LogP contribution in [0.25, 0.3) is 0 Å². The molecule has 0 aliphatic carbocycles. The first-order valence-corrected chi connectivity index (χ1v) is 6.21. The van der Waals surface area contributed by atoms with Gasteiger partial charge >= 0.3 is 6.03 Å². The molecule has 0 aromatic carbocycles. The van der Waals surface area contributed by atoms with Crippen LogP contribution in [0.4, 0.5) is 4.79 Å². The van der Waals surface area contributed by atoms with Gasteiger partial charge in [0, 0.05) is 13.1 Å². The number of amides is 2. The molecule has 0 aromatic heterocycles. The minimum Gasteiger partial charge on any atom is -0.338 e. The summed E-state index contributed by atoms with van der Waals surface area (Å²) in [5.74, 6) is 1.11. The minimum absolute atomic E-state index is 0.0328. The number of carbonyl (C=O) groups is 1. The summed E-state index contributed by atoms with van der Waals surface area (Å²) >= 11 is 1.80. The van der Waals surface area contributed by atoms with Gasteiger partial charge in [-0.3, -0.25) is 0 Å². The van der Waals surface area contributed by atoms with Crippen molar-refractivity contribution in [2.24, 2.45) is 0 Å². The fourth-order valence-corrected chi connectivity index (χ4v) is 1.29. The number of urea groups is 1. The highest BCUT2D eigenvalue weighted by molar-refractivity contribution is 7.98. The highest BCUT2D eigenvalue weighted by Crippen LogP contribution is 1.92. The molecule has 0 radical (unpaired) electrons. The number of rotatable bonds is 7. The van der Waals surface area contributed by atoms with Gasteiger partial charge in [-0.2, -0.15) is 11.8 Å². The predicted molar refractivity (Wildman–Crippen MR) is 59.3 cm³/mol. The van der Waals surface area contributed by atoms with Gasteiger partial charge in [-0.15, -0.1) is 0 Å². The van der Waals surface area contributed by atoms with Gasteiger partial charge in [0.25, 0.3) is 0 Å². The molecule has 0 aliphatic heterocycles. The van der Waals surface area contributed by atoms with Crippen molar-refractivity contribution in [2.75, 3.05) is 25.1 Å². The lowest BCUT2D eigenvalue weighted by Gasteiger charge is -2.05. The zero-order valence-corrected chi connectivity index (χ0v) is 9.38. The average molecular weight is 204 g/mol. The van der Waals surface area contributed by atoms with Crippen molar-refractivity contribution < 1.29 is 4.79 Å².